The van der Waals surface area contributed by atoms with E-state index in [0.29, 0.717) is 22.1 Å². The van der Waals surface area contributed by atoms with Gasteiger partial charge in [0.2, 0.25) is 4.77 Å². The summed E-state index contributed by atoms with van der Waals surface area (Å²) in [4.78, 5) is 15.2. The zero-order chi connectivity index (χ0) is 18.5. The lowest BCUT2D eigenvalue weighted by Gasteiger charge is -2.08. The van der Waals surface area contributed by atoms with Crippen LogP contribution in [0.5, 0.6) is 11.5 Å². The number of benzene rings is 1. The van der Waals surface area contributed by atoms with Crippen LogP contribution >= 0.6 is 12.2 Å². The summed E-state index contributed by atoms with van der Waals surface area (Å²) in [5.74, 6) is 0.888. The summed E-state index contributed by atoms with van der Waals surface area (Å²) in [6, 6.07) is 8.76. The summed E-state index contributed by atoms with van der Waals surface area (Å²) >= 11 is 5.23. The number of carbonyl (C=O) groups is 1. The summed E-state index contributed by atoms with van der Waals surface area (Å²) in [5.41, 5.74) is 1.51. The van der Waals surface area contributed by atoms with Gasteiger partial charge in [0.05, 0.1) is 13.3 Å². The van der Waals surface area contributed by atoms with Crippen LogP contribution in [0.25, 0.3) is 11.4 Å². The Morgan fingerprint density at radius 2 is 2.19 bits per heavy atom. The van der Waals surface area contributed by atoms with Crippen molar-refractivity contribution in [2.75, 3.05) is 7.11 Å². The molecule has 0 aliphatic carbocycles. The topological polar surface area (TPSA) is 94.4 Å². The lowest BCUT2D eigenvalue weighted by Crippen LogP contribution is -2.03. The van der Waals surface area contributed by atoms with Crippen molar-refractivity contribution in [3.8, 4) is 22.9 Å². The fourth-order valence-electron chi connectivity index (χ4n) is 2.21. The van der Waals surface area contributed by atoms with Crippen LogP contribution in [0.3, 0.4) is 0 Å². The number of carbonyl (C=O) groups excluding carboxylic acids is 1. The van der Waals surface area contributed by atoms with Gasteiger partial charge in [-0.25, -0.2) is 5.10 Å². The number of esters is 1. The van der Waals surface area contributed by atoms with Gasteiger partial charge < -0.3 is 9.47 Å². The van der Waals surface area contributed by atoms with Crippen molar-refractivity contribution >= 4 is 24.4 Å². The Morgan fingerprint density at radius 3 is 2.88 bits per heavy atom. The highest BCUT2D eigenvalue weighted by atomic mass is 32.1. The highest BCUT2D eigenvalue weighted by Gasteiger charge is 2.09. The molecule has 0 radical (unpaired) electrons. The second-order valence-corrected chi connectivity index (χ2v) is 5.54. The zero-order valence-corrected chi connectivity index (χ0v) is 14.9. The minimum atomic E-state index is -0.421. The van der Waals surface area contributed by atoms with E-state index in [0.717, 1.165) is 11.1 Å². The van der Waals surface area contributed by atoms with E-state index in [1.165, 1.54) is 18.7 Å². The van der Waals surface area contributed by atoms with E-state index in [1.54, 1.807) is 42.9 Å². The number of ether oxygens (including phenoxy) is 2. The molecule has 3 aromatic rings. The average molecular weight is 369 g/mol. The molecule has 0 fully saturated rings. The SMILES string of the molecule is COc1cc(/C=N/n2c(-c3cccnc3)n[nH]c2=S)ccc1OC(C)=O. The van der Waals surface area contributed by atoms with Gasteiger partial charge in [0, 0.05) is 24.9 Å². The average Bonchev–Trinajstić information content (AvgIpc) is 3.01. The molecule has 9 heteroatoms. The van der Waals surface area contributed by atoms with E-state index in [4.69, 9.17) is 21.7 Å². The summed E-state index contributed by atoms with van der Waals surface area (Å²) in [5, 5.41) is 11.3. The number of H-pyrrole nitrogens is 1. The Kier molecular flexibility index (Phi) is 5.18. The molecule has 2 aromatic heterocycles. The molecular formula is C17H15N5O3S. The second-order valence-electron chi connectivity index (χ2n) is 5.15. The molecule has 0 saturated heterocycles. The summed E-state index contributed by atoms with van der Waals surface area (Å²) in [7, 11) is 1.50. The number of hydrogen-bond acceptors (Lipinski definition) is 7. The number of methoxy groups -OCH3 is 1. The second kappa shape index (κ2) is 7.70. The molecule has 0 aliphatic rings. The van der Waals surface area contributed by atoms with E-state index < -0.39 is 5.97 Å². The van der Waals surface area contributed by atoms with Crippen molar-refractivity contribution < 1.29 is 14.3 Å². The fraction of sp³-hybridized carbons (Fsp3) is 0.118. The Hall–Kier alpha value is -3.33. The van der Waals surface area contributed by atoms with Crippen LogP contribution in [0.4, 0.5) is 0 Å². The molecule has 132 valence electrons. The number of aromatic nitrogens is 4. The predicted octanol–water partition coefficient (Wildman–Crippen LogP) is 2.82. The first-order valence-corrected chi connectivity index (χ1v) is 7.98. The molecule has 0 atom stereocenters. The van der Waals surface area contributed by atoms with Gasteiger partial charge in [0.15, 0.2) is 17.3 Å². The molecule has 3 rings (SSSR count). The quantitative estimate of drug-likeness (QED) is 0.322. The number of aromatic amines is 1. The van der Waals surface area contributed by atoms with Gasteiger partial charge in [-0.15, -0.1) is 0 Å². The fourth-order valence-corrected chi connectivity index (χ4v) is 2.39. The normalized spacial score (nSPS) is 10.8. The molecule has 0 bridgehead atoms. The van der Waals surface area contributed by atoms with Crippen LogP contribution in [0.1, 0.15) is 12.5 Å². The number of pyridine rings is 1. The molecule has 1 N–H and O–H groups in total. The number of nitrogens with zero attached hydrogens (tertiary/aromatic N) is 4. The van der Waals surface area contributed by atoms with E-state index in [2.05, 4.69) is 20.3 Å². The third kappa shape index (κ3) is 3.83. The van der Waals surface area contributed by atoms with Crippen LogP contribution in [0.2, 0.25) is 0 Å². The van der Waals surface area contributed by atoms with E-state index in [-0.39, 0.29) is 0 Å². The van der Waals surface area contributed by atoms with Crippen LogP contribution in [-0.4, -0.2) is 39.2 Å². The van der Waals surface area contributed by atoms with Gasteiger partial charge in [-0.05, 0) is 48.1 Å². The van der Waals surface area contributed by atoms with Crippen LogP contribution in [0.15, 0.2) is 47.8 Å². The van der Waals surface area contributed by atoms with Gasteiger partial charge in [0.25, 0.3) is 0 Å². The first-order valence-electron chi connectivity index (χ1n) is 7.57. The predicted molar refractivity (Wildman–Crippen MR) is 97.9 cm³/mol. The summed E-state index contributed by atoms with van der Waals surface area (Å²) < 4.78 is 12.2. The number of rotatable bonds is 5. The standard InChI is InChI=1S/C17H15N5O3S/c1-11(23)25-14-6-5-12(8-15(14)24-2)9-19-22-16(20-21-17(22)26)13-4-3-7-18-10-13/h3-10H,1-2H3,(H,21,26)/b19-9+. The van der Waals surface area contributed by atoms with Crippen molar-refractivity contribution in [3.63, 3.8) is 0 Å². The Balaban J connectivity index is 1.93. The van der Waals surface area contributed by atoms with Gasteiger partial charge in [-0.1, -0.05) is 0 Å². The maximum absolute atomic E-state index is 11.1. The minimum Gasteiger partial charge on any atom is -0.493 e. The lowest BCUT2D eigenvalue weighted by atomic mass is 10.2. The van der Waals surface area contributed by atoms with Crippen LogP contribution < -0.4 is 9.47 Å². The molecule has 0 amide bonds. The highest BCUT2D eigenvalue weighted by Crippen LogP contribution is 2.27. The third-order valence-electron chi connectivity index (χ3n) is 3.33. The molecular weight excluding hydrogens is 354 g/mol. The summed E-state index contributed by atoms with van der Waals surface area (Å²) in [6.07, 6.45) is 4.95. The van der Waals surface area contributed by atoms with Crippen LogP contribution in [0, 0.1) is 4.77 Å². The van der Waals surface area contributed by atoms with Crippen molar-refractivity contribution in [1.29, 1.82) is 0 Å². The van der Waals surface area contributed by atoms with Crippen LogP contribution in [-0.2, 0) is 4.79 Å². The molecule has 0 unspecified atom stereocenters. The summed E-state index contributed by atoms with van der Waals surface area (Å²) in [6.45, 7) is 1.33. The van der Waals surface area contributed by atoms with E-state index in [9.17, 15) is 4.79 Å². The van der Waals surface area contributed by atoms with Crippen molar-refractivity contribution in [1.82, 2.24) is 19.9 Å². The molecule has 8 nitrogen and oxygen atoms in total. The highest BCUT2D eigenvalue weighted by molar-refractivity contribution is 7.71. The molecule has 1 aromatic carbocycles. The Morgan fingerprint density at radius 1 is 1.35 bits per heavy atom. The van der Waals surface area contributed by atoms with Gasteiger partial charge >= 0.3 is 5.97 Å². The van der Waals surface area contributed by atoms with Gasteiger partial charge in [-0.3, -0.25) is 9.78 Å². The first-order chi connectivity index (χ1) is 12.6. The van der Waals surface area contributed by atoms with E-state index in [1.807, 2.05) is 6.07 Å². The molecule has 0 spiro atoms. The van der Waals surface area contributed by atoms with Crippen molar-refractivity contribution in [3.05, 3.63) is 53.1 Å². The molecule has 2 heterocycles. The maximum Gasteiger partial charge on any atom is 0.308 e. The monoisotopic (exact) mass is 369 g/mol. The zero-order valence-electron chi connectivity index (χ0n) is 14.0. The van der Waals surface area contributed by atoms with E-state index >= 15 is 0 Å². The largest absolute Gasteiger partial charge is 0.493 e. The lowest BCUT2D eigenvalue weighted by molar-refractivity contribution is -0.132. The minimum absolute atomic E-state index is 0.341. The third-order valence-corrected chi connectivity index (χ3v) is 3.60. The number of nitrogens with one attached hydrogen (secondary N) is 1. The smallest absolute Gasteiger partial charge is 0.308 e. The Labute approximate surface area is 154 Å². The molecule has 26 heavy (non-hydrogen) atoms. The van der Waals surface area contributed by atoms with Crippen molar-refractivity contribution in [2.24, 2.45) is 5.10 Å². The van der Waals surface area contributed by atoms with Crippen molar-refractivity contribution in [2.45, 2.75) is 6.92 Å². The van der Waals surface area contributed by atoms with Gasteiger partial charge in [-0.2, -0.15) is 14.9 Å². The molecule has 0 aliphatic heterocycles. The Bertz CT molecular complexity index is 1010. The maximum atomic E-state index is 11.1. The number of hydrogen-bond donors (Lipinski definition) is 1. The molecule has 0 saturated carbocycles. The first kappa shape index (κ1) is 17.5. The van der Waals surface area contributed by atoms with Gasteiger partial charge in [0.1, 0.15) is 0 Å².